The van der Waals surface area contributed by atoms with Crippen LogP contribution in [0.4, 0.5) is 4.39 Å². The van der Waals surface area contributed by atoms with Gasteiger partial charge >= 0.3 is 0 Å². The molecule has 1 N–H and O–H groups in total. The number of hydrogen-bond donors (Lipinski definition) is 1. The topological polar surface area (TPSA) is 68.0 Å². The molecule has 0 aliphatic heterocycles. The molecule has 0 fully saturated rings. The molecule has 0 radical (unpaired) electrons. The van der Waals surface area contributed by atoms with E-state index >= 15 is 0 Å². The lowest BCUT2D eigenvalue weighted by atomic mass is 10.0. The molecule has 0 bridgehead atoms. The van der Waals surface area contributed by atoms with Crippen molar-refractivity contribution in [2.24, 2.45) is 0 Å². The highest BCUT2D eigenvalue weighted by atomic mass is 32.2. The average Bonchev–Trinajstić information content (AvgIpc) is 3.16. The first-order valence-electron chi connectivity index (χ1n) is 8.72. The first-order chi connectivity index (χ1) is 13.2. The lowest BCUT2D eigenvalue weighted by Gasteiger charge is -2.18. The maximum atomic E-state index is 13.0. The zero-order valence-corrected chi connectivity index (χ0v) is 15.7. The van der Waals surface area contributed by atoms with Crippen LogP contribution in [0.25, 0.3) is 11.5 Å². The second kappa shape index (κ2) is 9.32. The predicted octanol–water partition coefficient (Wildman–Crippen LogP) is 4.63. The zero-order chi connectivity index (χ0) is 19.1. The standard InChI is InChI=1S/C20H20FN3O2S/c1-2-6-17(14-7-4-3-5-8-14)22-18(25)13-27-20-24-23-19(26-20)15-9-11-16(21)12-10-15/h3-5,7-12,17H,2,6,13H2,1H3,(H,22,25)/t17-/m0/s1. The Hall–Kier alpha value is -2.67. The molecular weight excluding hydrogens is 365 g/mol. The largest absolute Gasteiger partial charge is 0.411 e. The molecule has 0 aliphatic carbocycles. The van der Waals surface area contributed by atoms with Crippen molar-refractivity contribution in [1.29, 1.82) is 0 Å². The molecule has 0 spiro atoms. The minimum absolute atomic E-state index is 0.0123. The fraction of sp³-hybridized carbons (Fsp3) is 0.250. The fourth-order valence-electron chi connectivity index (χ4n) is 2.64. The summed E-state index contributed by atoms with van der Waals surface area (Å²) in [6.45, 7) is 2.09. The van der Waals surface area contributed by atoms with Crippen LogP contribution in [-0.2, 0) is 4.79 Å². The molecule has 7 heteroatoms. The Morgan fingerprint density at radius 2 is 1.89 bits per heavy atom. The number of nitrogens with one attached hydrogen (secondary N) is 1. The number of hydrogen-bond acceptors (Lipinski definition) is 5. The molecule has 1 heterocycles. The van der Waals surface area contributed by atoms with Gasteiger partial charge in [0.2, 0.25) is 11.8 Å². The van der Waals surface area contributed by atoms with Crippen LogP contribution in [-0.4, -0.2) is 21.9 Å². The molecule has 0 saturated carbocycles. The van der Waals surface area contributed by atoms with E-state index in [1.54, 1.807) is 12.1 Å². The van der Waals surface area contributed by atoms with Crippen molar-refractivity contribution in [2.45, 2.75) is 31.0 Å². The van der Waals surface area contributed by atoms with Gasteiger partial charge in [-0.05, 0) is 36.2 Å². The number of nitrogens with zero attached hydrogens (tertiary/aromatic N) is 2. The third-order valence-electron chi connectivity index (χ3n) is 3.94. The van der Waals surface area contributed by atoms with Gasteiger partial charge in [-0.25, -0.2) is 4.39 Å². The van der Waals surface area contributed by atoms with E-state index in [4.69, 9.17) is 4.42 Å². The van der Waals surface area contributed by atoms with Crippen molar-refractivity contribution < 1.29 is 13.6 Å². The number of thioether (sulfide) groups is 1. The Kier molecular flexibility index (Phi) is 6.59. The minimum Gasteiger partial charge on any atom is -0.411 e. The Balaban J connectivity index is 1.56. The fourth-order valence-corrected chi connectivity index (χ4v) is 3.21. The summed E-state index contributed by atoms with van der Waals surface area (Å²) < 4.78 is 18.5. The lowest BCUT2D eigenvalue weighted by molar-refractivity contribution is -0.119. The molecule has 1 aromatic heterocycles. The van der Waals surface area contributed by atoms with Crippen molar-refractivity contribution in [3.63, 3.8) is 0 Å². The Labute approximate surface area is 161 Å². The third-order valence-corrected chi connectivity index (χ3v) is 4.76. The summed E-state index contributed by atoms with van der Waals surface area (Å²) in [7, 11) is 0. The van der Waals surface area contributed by atoms with Gasteiger partial charge in [-0.2, -0.15) is 0 Å². The SMILES string of the molecule is CCC[C@H](NC(=O)CSc1nnc(-c2ccc(F)cc2)o1)c1ccccc1. The van der Waals surface area contributed by atoms with Crippen LogP contribution in [0.1, 0.15) is 31.4 Å². The summed E-state index contributed by atoms with van der Waals surface area (Å²) in [5.41, 5.74) is 1.72. The number of carbonyl (C=O) groups is 1. The van der Waals surface area contributed by atoms with E-state index in [1.165, 1.54) is 23.9 Å². The van der Waals surface area contributed by atoms with Crippen molar-refractivity contribution in [3.8, 4) is 11.5 Å². The monoisotopic (exact) mass is 385 g/mol. The van der Waals surface area contributed by atoms with Gasteiger partial charge in [0.1, 0.15) is 5.82 Å². The predicted molar refractivity (Wildman–Crippen MR) is 103 cm³/mol. The van der Waals surface area contributed by atoms with Gasteiger partial charge in [-0.15, -0.1) is 10.2 Å². The highest BCUT2D eigenvalue weighted by Gasteiger charge is 2.15. The maximum Gasteiger partial charge on any atom is 0.277 e. The van der Waals surface area contributed by atoms with Crippen LogP contribution in [0.3, 0.4) is 0 Å². The van der Waals surface area contributed by atoms with Crippen LogP contribution in [0, 0.1) is 5.82 Å². The minimum atomic E-state index is -0.329. The summed E-state index contributed by atoms with van der Waals surface area (Å²) in [4.78, 5) is 12.3. The van der Waals surface area contributed by atoms with E-state index in [2.05, 4.69) is 22.4 Å². The number of rotatable bonds is 8. The van der Waals surface area contributed by atoms with Gasteiger partial charge in [0.05, 0.1) is 11.8 Å². The first-order valence-corrected chi connectivity index (χ1v) is 9.71. The summed E-state index contributed by atoms with van der Waals surface area (Å²) >= 11 is 1.18. The third kappa shape index (κ3) is 5.40. The molecule has 0 saturated heterocycles. The second-order valence-corrected chi connectivity index (χ2v) is 6.91. The van der Waals surface area contributed by atoms with Crippen molar-refractivity contribution >= 4 is 17.7 Å². The zero-order valence-electron chi connectivity index (χ0n) is 14.9. The molecule has 27 heavy (non-hydrogen) atoms. The quantitative estimate of drug-likeness (QED) is 0.573. The van der Waals surface area contributed by atoms with Gasteiger partial charge in [0, 0.05) is 5.56 Å². The molecule has 3 rings (SSSR count). The van der Waals surface area contributed by atoms with Gasteiger partial charge < -0.3 is 9.73 Å². The highest BCUT2D eigenvalue weighted by Crippen LogP contribution is 2.24. The van der Waals surface area contributed by atoms with E-state index < -0.39 is 0 Å². The summed E-state index contributed by atoms with van der Waals surface area (Å²) in [6, 6.07) is 15.7. The van der Waals surface area contributed by atoms with E-state index in [-0.39, 0.29) is 23.5 Å². The molecule has 1 amide bonds. The van der Waals surface area contributed by atoms with Crippen molar-refractivity contribution in [3.05, 3.63) is 66.0 Å². The molecular formula is C20H20FN3O2S. The number of aromatic nitrogens is 2. The smallest absolute Gasteiger partial charge is 0.277 e. The van der Waals surface area contributed by atoms with Crippen LogP contribution >= 0.6 is 11.8 Å². The molecule has 0 unspecified atom stereocenters. The van der Waals surface area contributed by atoms with E-state index in [0.29, 0.717) is 16.7 Å². The Bertz CT molecular complexity index is 868. The van der Waals surface area contributed by atoms with Crippen molar-refractivity contribution in [1.82, 2.24) is 15.5 Å². The number of carbonyl (C=O) groups excluding carboxylic acids is 1. The van der Waals surface area contributed by atoms with Crippen LogP contribution in [0.2, 0.25) is 0 Å². The normalized spacial score (nSPS) is 11.9. The second-order valence-electron chi connectivity index (χ2n) is 5.99. The van der Waals surface area contributed by atoms with Crippen molar-refractivity contribution in [2.75, 3.05) is 5.75 Å². The number of benzene rings is 2. The van der Waals surface area contributed by atoms with Crippen LogP contribution < -0.4 is 5.32 Å². The molecule has 0 aliphatic rings. The molecule has 3 aromatic rings. The highest BCUT2D eigenvalue weighted by molar-refractivity contribution is 7.99. The Morgan fingerprint density at radius 3 is 2.59 bits per heavy atom. The summed E-state index contributed by atoms with van der Waals surface area (Å²) in [5.74, 6) is 0.0532. The first kappa shape index (κ1) is 19.1. The van der Waals surface area contributed by atoms with Gasteiger partial charge in [-0.1, -0.05) is 55.4 Å². The van der Waals surface area contributed by atoms with Gasteiger partial charge in [0.25, 0.3) is 5.22 Å². The molecule has 140 valence electrons. The van der Waals surface area contributed by atoms with E-state index in [0.717, 1.165) is 18.4 Å². The van der Waals surface area contributed by atoms with Gasteiger partial charge in [0.15, 0.2) is 0 Å². The Morgan fingerprint density at radius 1 is 1.15 bits per heavy atom. The number of amides is 1. The average molecular weight is 385 g/mol. The van der Waals surface area contributed by atoms with Crippen LogP contribution in [0.15, 0.2) is 64.2 Å². The summed E-state index contributed by atoms with van der Waals surface area (Å²) in [6.07, 6.45) is 1.84. The summed E-state index contributed by atoms with van der Waals surface area (Å²) in [5, 5.41) is 11.2. The number of halogens is 1. The molecule has 2 aromatic carbocycles. The van der Waals surface area contributed by atoms with E-state index in [1.807, 2.05) is 30.3 Å². The van der Waals surface area contributed by atoms with E-state index in [9.17, 15) is 9.18 Å². The van der Waals surface area contributed by atoms with Crippen LogP contribution in [0.5, 0.6) is 0 Å². The molecule has 5 nitrogen and oxygen atoms in total. The lowest BCUT2D eigenvalue weighted by Crippen LogP contribution is -2.29. The molecule has 1 atom stereocenters. The van der Waals surface area contributed by atoms with Gasteiger partial charge in [-0.3, -0.25) is 4.79 Å². The maximum absolute atomic E-state index is 13.0.